The third-order valence-electron chi connectivity index (χ3n) is 3.91. The van der Waals surface area contributed by atoms with Crippen molar-refractivity contribution in [2.45, 2.75) is 17.8 Å². The van der Waals surface area contributed by atoms with Gasteiger partial charge in [0.2, 0.25) is 0 Å². The fourth-order valence-electron chi connectivity index (χ4n) is 2.55. The molecule has 0 saturated carbocycles. The van der Waals surface area contributed by atoms with Crippen molar-refractivity contribution in [1.29, 1.82) is 0 Å². The molecule has 0 fully saturated rings. The number of aromatic nitrogens is 4. The van der Waals surface area contributed by atoms with Gasteiger partial charge in [0.25, 0.3) is 0 Å². The third-order valence-corrected chi connectivity index (χ3v) is 4.95. The van der Waals surface area contributed by atoms with Crippen LogP contribution < -0.4 is 0 Å². The van der Waals surface area contributed by atoms with Gasteiger partial charge >= 0.3 is 0 Å². The second-order valence-corrected chi connectivity index (χ2v) is 6.53. The monoisotopic (exact) mass is 352 g/mol. The van der Waals surface area contributed by atoms with Crippen LogP contribution in [-0.4, -0.2) is 19.9 Å². The summed E-state index contributed by atoms with van der Waals surface area (Å²) in [6, 6.07) is 13.8. The standard InChI is InChI=1S/C18H16N4O2S/c1-12-15(8-9-23-12)17-19-20-18(22(17)2)25-11-14-10-16(21-24-14)13-6-4-3-5-7-13/h3-10H,11H2,1-2H3. The smallest absolute Gasteiger partial charge is 0.191 e. The molecule has 4 rings (SSSR count). The average molecular weight is 352 g/mol. The van der Waals surface area contributed by atoms with Gasteiger partial charge in [-0.15, -0.1) is 10.2 Å². The van der Waals surface area contributed by atoms with E-state index >= 15 is 0 Å². The molecule has 0 N–H and O–H groups in total. The molecule has 3 heterocycles. The van der Waals surface area contributed by atoms with Gasteiger partial charge in [0, 0.05) is 18.7 Å². The van der Waals surface area contributed by atoms with Crippen molar-refractivity contribution in [1.82, 2.24) is 19.9 Å². The van der Waals surface area contributed by atoms with Gasteiger partial charge in [-0.1, -0.05) is 47.3 Å². The second kappa shape index (κ2) is 6.60. The molecule has 0 radical (unpaired) electrons. The number of hydrogen-bond acceptors (Lipinski definition) is 6. The SMILES string of the molecule is Cc1occc1-c1nnc(SCc2cc(-c3ccccc3)no2)n1C. The van der Waals surface area contributed by atoms with Crippen LogP contribution >= 0.6 is 11.8 Å². The zero-order valence-corrected chi connectivity index (χ0v) is 14.7. The summed E-state index contributed by atoms with van der Waals surface area (Å²) in [5.74, 6) is 3.05. The Kier molecular flexibility index (Phi) is 4.15. The number of benzene rings is 1. The van der Waals surface area contributed by atoms with Crippen molar-refractivity contribution in [3.05, 3.63) is 60.2 Å². The predicted octanol–water partition coefficient (Wildman–Crippen LogP) is 4.33. The van der Waals surface area contributed by atoms with Crippen LogP contribution in [0.1, 0.15) is 11.5 Å². The summed E-state index contributed by atoms with van der Waals surface area (Å²) in [5, 5.41) is 13.5. The van der Waals surface area contributed by atoms with Gasteiger partial charge < -0.3 is 13.5 Å². The number of nitrogens with zero attached hydrogens (tertiary/aromatic N) is 4. The Labute approximate surface area is 148 Å². The van der Waals surface area contributed by atoms with E-state index in [-0.39, 0.29) is 0 Å². The molecule has 0 unspecified atom stereocenters. The molecule has 3 aromatic heterocycles. The van der Waals surface area contributed by atoms with Gasteiger partial charge in [0.15, 0.2) is 11.0 Å². The summed E-state index contributed by atoms with van der Waals surface area (Å²) in [5.41, 5.74) is 2.83. The molecular formula is C18H16N4O2S. The predicted molar refractivity (Wildman–Crippen MR) is 94.9 cm³/mol. The van der Waals surface area contributed by atoms with Crippen LogP contribution in [0.15, 0.2) is 62.8 Å². The Morgan fingerprint density at radius 2 is 1.96 bits per heavy atom. The van der Waals surface area contributed by atoms with Gasteiger partial charge in [0.1, 0.15) is 17.2 Å². The minimum Gasteiger partial charge on any atom is -0.469 e. The van der Waals surface area contributed by atoms with E-state index in [1.807, 2.05) is 61.0 Å². The lowest BCUT2D eigenvalue weighted by atomic mass is 10.1. The van der Waals surface area contributed by atoms with Crippen molar-refractivity contribution in [2.24, 2.45) is 7.05 Å². The zero-order valence-electron chi connectivity index (χ0n) is 13.8. The Balaban J connectivity index is 1.49. The molecule has 0 aliphatic carbocycles. The Hall–Kier alpha value is -2.80. The van der Waals surface area contributed by atoms with E-state index in [9.17, 15) is 0 Å². The molecule has 25 heavy (non-hydrogen) atoms. The third kappa shape index (κ3) is 3.10. The van der Waals surface area contributed by atoms with Crippen molar-refractivity contribution in [3.63, 3.8) is 0 Å². The molecule has 0 atom stereocenters. The van der Waals surface area contributed by atoms with Gasteiger partial charge in [-0.05, 0) is 13.0 Å². The number of rotatable bonds is 5. The van der Waals surface area contributed by atoms with E-state index in [0.717, 1.165) is 39.3 Å². The lowest BCUT2D eigenvalue weighted by Gasteiger charge is -2.01. The molecular weight excluding hydrogens is 336 g/mol. The number of furan rings is 1. The fourth-order valence-corrected chi connectivity index (χ4v) is 3.34. The van der Waals surface area contributed by atoms with E-state index in [4.69, 9.17) is 8.94 Å². The van der Waals surface area contributed by atoms with Crippen LogP contribution in [0.4, 0.5) is 0 Å². The lowest BCUT2D eigenvalue weighted by Crippen LogP contribution is -1.95. The zero-order chi connectivity index (χ0) is 17.2. The van der Waals surface area contributed by atoms with Crippen LogP contribution in [0.3, 0.4) is 0 Å². The van der Waals surface area contributed by atoms with Crippen LogP contribution in [0.5, 0.6) is 0 Å². The fraction of sp³-hybridized carbons (Fsp3) is 0.167. The Bertz CT molecular complexity index is 988. The number of hydrogen-bond donors (Lipinski definition) is 0. The largest absolute Gasteiger partial charge is 0.469 e. The first kappa shape index (κ1) is 15.7. The van der Waals surface area contributed by atoms with E-state index in [2.05, 4.69) is 15.4 Å². The summed E-state index contributed by atoms with van der Waals surface area (Å²) >= 11 is 1.56. The number of aryl methyl sites for hydroxylation is 1. The van der Waals surface area contributed by atoms with Crippen molar-refractivity contribution >= 4 is 11.8 Å². The highest BCUT2D eigenvalue weighted by atomic mass is 32.2. The highest BCUT2D eigenvalue weighted by molar-refractivity contribution is 7.98. The maximum Gasteiger partial charge on any atom is 0.191 e. The quantitative estimate of drug-likeness (QED) is 0.498. The summed E-state index contributed by atoms with van der Waals surface area (Å²) in [6.07, 6.45) is 1.66. The van der Waals surface area contributed by atoms with Crippen molar-refractivity contribution in [2.75, 3.05) is 0 Å². The molecule has 0 bridgehead atoms. The van der Waals surface area contributed by atoms with Crippen LogP contribution in [0, 0.1) is 6.92 Å². The Morgan fingerprint density at radius 3 is 2.72 bits per heavy atom. The minimum absolute atomic E-state index is 0.635. The molecule has 0 aliphatic rings. The molecule has 0 amide bonds. The molecule has 1 aromatic carbocycles. The molecule has 0 saturated heterocycles. The molecule has 7 heteroatoms. The second-order valence-electron chi connectivity index (χ2n) is 5.59. The van der Waals surface area contributed by atoms with Crippen molar-refractivity contribution < 1.29 is 8.94 Å². The van der Waals surface area contributed by atoms with E-state index in [1.165, 1.54) is 0 Å². The minimum atomic E-state index is 0.635. The number of thioether (sulfide) groups is 1. The maximum atomic E-state index is 5.44. The maximum absolute atomic E-state index is 5.44. The van der Waals surface area contributed by atoms with Crippen LogP contribution in [0.2, 0.25) is 0 Å². The molecule has 0 aliphatic heterocycles. The van der Waals surface area contributed by atoms with Crippen LogP contribution in [-0.2, 0) is 12.8 Å². The summed E-state index contributed by atoms with van der Waals surface area (Å²) in [6.45, 7) is 1.91. The average Bonchev–Trinajstić information content (AvgIpc) is 3.35. The summed E-state index contributed by atoms with van der Waals surface area (Å²) in [4.78, 5) is 0. The van der Waals surface area contributed by atoms with Gasteiger partial charge in [0.05, 0.1) is 17.6 Å². The molecule has 6 nitrogen and oxygen atoms in total. The first-order valence-electron chi connectivity index (χ1n) is 7.80. The topological polar surface area (TPSA) is 69.9 Å². The molecule has 0 spiro atoms. The van der Waals surface area contributed by atoms with Gasteiger partial charge in [-0.2, -0.15) is 0 Å². The van der Waals surface area contributed by atoms with Crippen molar-refractivity contribution in [3.8, 4) is 22.6 Å². The first-order valence-corrected chi connectivity index (χ1v) is 8.78. The van der Waals surface area contributed by atoms with E-state index in [0.29, 0.717) is 5.75 Å². The van der Waals surface area contributed by atoms with E-state index < -0.39 is 0 Å². The highest BCUT2D eigenvalue weighted by Gasteiger charge is 2.15. The summed E-state index contributed by atoms with van der Waals surface area (Å²) in [7, 11) is 1.94. The van der Waals surface area contributed by atoms with E-state index in [1.54, 1.807) is 18.0 Å². The van der Waals surface area contributed by atoms with Gasteiger partial charge in [-0.3, -0.25) is 0 Å². The molecule has 126 valence electrons. The normalized spacial score (nSPS) is 11.1. The lowest BCUT2D eigenvalue weighted by molar-refractivity contribution is 0.397. The highest BCUT2D eigenvalue weighted by Crippen LogP contribution is 2.28. The van der Waals surface area contributed by atoms with Crippen LogP contribution in [0.25, 0.3) is 22.6 Å². The summed E-state index contributed by atoms with van der Waals surface area (Å²) < 4.78 is 12.7. The molecule has 4 aromatic rings. The first-order chi connectivity index (χ1) is 12.2. The van der Waals surface area contributed by atoms with Gasteiger partial charge in [-0.25, -0.2) is 0 Å². The Morgan fingerprint density at radius 1 is 1.12 bits per heavy atom.